The van der Waals surface area contributed by atoms with Crippen molar-refractivity contribution >= 4 is 0 Å². The van der Waals surface area contributed by atoms with Gasteiger partial charge in [-0.15, -0.1) is 0 Å². The van der Waals surface area contributed by atoms with Crippen molar-refractivity contribution in [3.8, 4) is 11.8 Å². The first-order valence-corrected chi connectivity index (χ1v) is 7.97. The van der Waals surface area contributed by atoms with Crippen LogP contribution in [0.2, 0.25) is 0 Å². The summed E-state index contributed by atoms with van der Waals surface area (Å²) in [7, 11) is 0. The van der Waals surface area contributed by atoms with Crippen molar-refractivity contribution in [1.82, 2.24) is 9.80 Å². The molecular formula is C18H27N3. The highest BCUT2D eigenvalue weighted by Gasteiger charge is 2.20. The van der Waals surface area contributed by atoms with E-state index in [4.69, 9.17) is 5.73 Å². The molecule has 21 heavy (non-hydrogen) atoms. The fourth-order valence-electron chi connectivity index (χ4n) is 2.79. The van der Waals surface area contributed by atoms with Crippen LogP contribution in [-0.4, -0.2) is 48.6 Å². The zero-order chi connectivity index (χ0) is 15.1. The van der Waals surface area contributed by atoms with Crippen LogP contribution in [-0.2, 0) is 6.54 Å². The summed E-state index contributed by atoms with van der Waals surface area (Å²) in [6, 6.07) is 9.12. The maximum atomic E-state index is 5.48. The second-order valence-corrected chi connectivity index (χ2v) is 5.73. The Morgan fingerprint density at radius 1 is 1.19 bits per heavy atom. The van der Waals surface area contributed by atoms with Crippen molar-refractivity contribution < 1.29 is 0 Å². The van der Waals surface area contributed by atoms with Gasteiger partial charge in [0.1, 0.15) is 0 Å². The Kier molecular flexibility index (Phi) is 6.25. The van der Waals surface area contributed by atoms with Crippen molar-refractivity contribution in [2.75, 3.05) is 32.7 Å². The van der Waals surface area contributed by atoms with Crippen molar-refractivity contribution in [3.05, 3.63) is 35.4 Å². The van der Waals surface area contributed by atoms with Gasteiger partial charge in [0.2, 0.25) is 0 Å². The molecule has 0 amide bonds. The summed E-state index contributed by atoms with van der Waals surface area (Å²) in [5.41, 5.74) is 7.91. The maximum Gasteiger partial charge on any atom is 0.0555 e. The lowest BCUT2D eigenvalue weighted by atomic mass is 10.1. The predicted octanol–water partition coefficient (Wildman–Crippen LogP) is 1.91. The van der Waals surface area contributed by atoms with Crippen LogP contribution >= 0.6 is 0 Å². The number of rotatable bonds is 4. The Bertz CT molecular complexity index is 493. The summed E-state index contributed by atoms with van der Waals surface area (Å²) in [6.45, 7) is 10.6. The number of hydrogen-bond acceptors (Lipinski definition) is 3. The molecule has 0 aliphatic carbocycles. The molecule has 1 heterocycles. The second kappa shape index (κ2) is 8.19. The van der Waals surface area contributed by atoms with Gasteiger partial charge < -0.3 is 5.73 Å². The first-order valence-electron chi connectivity index (χ1n) is 7.97. The van der Waals surface area contributed by atoms with E-state index in [-0.39, 0.29) is 0 Å². The van der Waals surface area contributed by atoms with Crippen LogP contribution in [0.15, 0.2) is 24.3 Å². The Labute approximate surface area is 129 Å². The molecule has 3 heteroatoms. The zero-order valence-corrected chi connectivity index (χ0v) is 13.3. The highest BCUT2D eigenvalue weighted by Crippen LogP contribution is 2.14. The van der Waals surface area contributed by atoms with Gasteiger partial charge in [-0.05, 0) is 25.0 Å². The van der Waals surface area contributed by atoms with Crippen molar-refractivity contribution in [1.29, 1.82) is 0 Å². The van der Waals surface area contributed by atoms with Gasteiger partial charge in [0, 0.05) is 44.3 Å². The van der Waals surface area contributed by atoms with E-state index in [0.717, 1.165) is 25.2 Å². The molecule has 1 aliphatic heterocycles. The molecular weight excluding hydrogens is 258 g/mol. The highest BCUT2D eigenvalue weighted by molar-refractivity contribution is 5.41. The van der Waals surface area contributed by atoms with Gasteiger partial charge in [-0.2, -0.15) is 0 Å². The Morgan fingerprint density at radius 3 is 2.57 bits per heavy atom. The third-order valence-electron chi connectivity index (χ3n) is 4.36. The van der Waals surface area contributed by atoms with Gasteiger partial charge in [-0.3, -0.25) is 9.80 Å². The molecule has 1 saturated heterocycles. The van der Waals surface area contributed by atoms with E-state index < -0.39 is 0 Å². The lowest BCUT2D eigenvalue weighted by Crippen LogP contribution is -2.49. The average Bonchev–Trinajstić information content (AvgIpc) is 2.54. The molecule has 1 fully saturated rings. The molecule has 0 saturated carbocycles. The van der Waals surface area contributed by atoms with Crippen LogP contribution in [0.5, 0.6) is 0 Å². The summed E-state index contributed by atoms with van der Waals surface area (Å²) in [5, 5.41) is 0. The van der Waals surface area contributed by atoms with Crippen molar-refractivity contribution in [2.24, 2.45) is 5.73 Å². The molecule has 1 aromatic rings. The third kappa shape index (κ3) is 4.57. The highest BCUT2D eigenvalue weighted by atomic mass is 15.3. The molecule has 3 nitrogen and oxygen atoms in total. The molecule has 0 radical (unpaired) electrons. The van der Waals surface area contributed by atoms with E-state index in [2.05, 4.69) is 53.7 Å². The minimum atomic E-state index is 0.419. The Morgan fingerprint density at radius 2 is 1.90 bits per heavy atom. The standard InChI is InChI=1S/C18H27N3/c1-3-16(2)21-13-11-20(12-14-21)15-18-8-5-4-7-17(18)9-6-10-19/h4-5,7-8,16H,3,10-15,19H2,1-2H3. The van der Waals surface area contributed by atoms with E-state index in [1.807, 2.05) is 6.07 Å². The number of nitrogens with zero attached hydrogens (tertiary/aromatic N) is 2. The quantitative estimate of drug-likeness (QED) is 0.858. The second-order valence-electron chi connectivity index (χ2n) is 5.73. The van der Waals surface area contributed by atoms with Crippen LogP contribution in [0.3, 0.4) is 0 Å². The van der Waals surface area contributed by atoms with Gasteiger partial charge in [0.25, 0.3) is 0 Å². The topological polar surface area (TPSA) is 32.5 Å². The lowest BCUT2D eigenvalue weighted by Gasteiger charge is -2.38. The van der Waals surface area contributed by atoms with Gasteiger partial charge in [0.05, 0.1) is 6.54 Å². The molecule has 1 aliphatic rings. The molecule has 1 unspecified atom stereocenters. The maximum absolute atomic E-state index is 5.48. The minimum Gasteiger partial charge on any atom is -0.320 e. The molecule has 0 spiro atoms. The van der Waals surface area contributed by atoms with E-state index in [9.17, 15) is 0 Å². The molecule has 1 atom stereocenters. The molecule has 114 valence electrons. The van der Waals surface area contributed by atoms with E-state index in [0.29, 0.717) is 12.6 Å². The van der Waals surface area contributed by atoms with Crippen LogP contribution in [0, 0.1) is 11.8 Å². The monoisotopic (exact) mass is 285 g/mol. The smallest absolute Gasteiger partial charge is 0.0555 e. The summed E-state index contributed by atoms with van der Waals surface area (Å²) in [4.78, 5) is 5.12. The van der Waals surface area contributed by atoms with Crippen molar-refractivity contribution in [3.63, 3.8) is 0 Å². The Balaban J connectivity index is 1.95. The summed E-state index contributed by atoms with van der Waals surface area (Å²) < 4.78 is 0. The first kappa shape index (κ1) is 16.0. The SMILES string of the molecule is CCC(C)N1CCN(Cc2ccccc2C#CCN)CC1. The van der Waals surface area contributed by atoms with E-state index >= 15 is 0 Å². The lowest BCUT2D eigenvalue weighted by molar-refractivity contribution is 0.0963. The summed E-state index contributed by atoms with van der Waals surface area (Å²) in [6.07, 6.45) is 1.23. The molecule has 2 rings (SSSR count). The zero-order valence-electron chi connectivity index (χ0n) is 13.3. The Hall–Kier alpha value is -1.34. The first-order chi connectivity index (χ1) is 10.2. The predicted molar refractivity (Wildman–Crippen MR) is 89.0 cm³/mol. The van der Waals surface area contributed by atoms with Crippen LogP contribution in [0.25, 0.3) is 0 Å². The molecule has 0 bridgehead atoms. The van der Waals surface area contributed by atoms with E-state index in [1.165, 1.54) is 25.1 Å². The van der Waals surface area contributed by atoms with Gasteiger partial charge in [0.15, 0.2) is 0 Å². The fourth-order valence-corrected chi connectivity index (χ4v) is 2.79. The average molecular weight is 285 g/mol. The number of benzene rings is 1. The van der Waals surface area contributed by atoms with Crippen LogP contribution in [0.4, 0.5) is 0 Å². The molecule has 0 aromatic heterocycles. The van der Waals surface area contributed by atoms with Crippen molar-refractivity contribution in [2.45, 2.75) is 32.9 Å². The van der Waals surface area contributed by atoms with Crippen LogP contribution in [0.1, 0.15) is 31.4 Å². The number of nitrogens with two attached hydrogens (primary N) is 1. The third-order valence-corrected chi connectivity index (χ3v) is 4.36. The number of piperazine rings is 1. The van der Waals surface area contributed by atoms with Crippen LogP contribution < -0.4 is 5.73 Å². The largest absolute Gasteiger partial charge is 0.320 e. The summed E-state index contributed by atoms with van der Waals surface area (Å²) in [5.74, 6) is 6.15. The summed E-state index contributed by atoms with van der Waals surface area (Å²) >= 11 is 0. The minimum absolute atomic E-state index is 0.419. The molecule has 1 aromatic carbocycles. The normalized spacial score (nSPS) is 18.0. The van der Waals surface area contributed by atoms with E-state index in [1.54, 1.807) is 0 Å². The van der Waals surface area contributed by atoms with Gasteiger partial charge in [-0.1, -0.05) is 37.0 Å². The number of hydrogen-bond donors (Lipinski definition) is 1. The van der Waals surface area contributed by atoms with Gasteiger partial charge >= 0.3 is 0 Å². The van der Waals surface area contributed by atoms with Gasteiger partial charge in [-0.25, -0.2) is 0 Å². The fraction of sp³-hybridized carbons (Fsp3) is 0.556. The molecule has 2 N–H and O–H groups in total.